The highest BCUT2D eigenvalue weighted by molar-refractivity contribution is 5.95. The molecule has 128 valence electrons. The second-order valence-electron chi connectivity index (χ2n) is 6.22. The van der Waals surface area contributed by atoms with Crippen LogP contribution in [0.3, 0.4) is 0 Å². The normalized spacial score (nSPS) is 13.8. The SMILES string of the molecule is Cc1cc(C(=O)N(CCC(=O)NC2CC2)Cc2ccco2)c(C)o1. The number of aryl methyl sites for hydroxylation is 2. The third-order valence-electron chi connectivity index (χ3n) is 4.04. The third kappa shape index (κ3) is 4.07. The van der Waals surface area contributed by atoms with Crippen LogP contribution in [-0.2, 0) is 11.3 Å². The number of nitrogens with zero attached hydrogens (tertiary/aromatic N) is 1. The minimum Gasteiger partial charge on any atom is -0.467 e. The topological polar surface area (TPSA) is 75.7 Å². The molecule has 3 rings (SSSR count). The van der Waals surface area contributed by atoms with Gasteiger partial charge in [-0.05, 0) is 44.9 Å². The first-order chi connectivity index (χ1) is 11.5. The molecule has 2 heterocycles. The Bertz CT molecular complexity index is 713. The Morgan fingerprint density at radius 2 is 2.12 bits per heavy atom. The summed E-state index contributed by atoms with van der Waals surface area (Å²) < 4.78 is 10.8. The summed E-state index contributed by atoms with van der Waals surface area (Å²) in [6.07, 6.45) is 3.95. The zero-order chi connectivity index (χ0) is 17.1. The van der Waals surface area contributed by atoms with Crippen LogP contribution in [0, 0.1) is 13.8 Å². The predicted octanol–water partition coefficient (Wildman–Crippen LogP) is 2.80. The van der Waals surface area contributed by atoms with E-state index < -0.39 is 0 Å². The molecule has 2 aromatic rings. The zero-order valence-electron chi connectivity index (χ0n) is 14.0. The van der Waals surface area contributed by atoms with Crippen LogP contribution in [0.15, 0.2) is 33.3 Å². The molecule has 2 amide bonds. The predicted molar refractivity (Wildman–Crippen MR) is 87.4 cm³/mol. The molecule has 6 nitrogen and oxygen atoms in total. The molecule has 1 fully saturated rings. The van der Waals surface area contributed by atoms with Gasteiger partial charge < -0.3 is 19.1 Å². The van der Waals surface area contributed by atoms with Crippen molar-refractivity contribution in [2.45, 2.75) is 45.7 Å². The Balaban J connectivity index is 1.69. The quantitative estimate of drug-likeness (QED) is 0.847. The van der Waals surface area contributed by atoms with Crippen LogP contribution in [0.4, 0.5) is 0 Å². The minimum atomic E-state index is -0.153. The van der Waals surface area contributed by atoms with Gasteiger partial charge in [0.25, 0.3) is 5.91 Å². The molecule has 24 heavy (non-hydrogen) atoms. The molecule has 0 atom stereocenters. The zero-order valence-corrected chi connectivity index (χ0v) is 14.0. The number of amides is 2. The lowest BCUT2D eigenvalue weighted by Gasteiger charge is -2.21. The third-order valence-corrected chi connectivity index (χ3v) is 4.04. The first-order valence-electron chi connectivity index (χ1n) is 8.21. The monoisotopic (exact) mass is 330 g/mol. The van der Waals surface area contributed by atoms with Crippen LogP contribution in [0.25, 0.3) is 0 Å². The highest BCUT2D eigenvalue weighted by Gasteiger charge is 2.25. The van der Waals surface area contributed by atoms with E-state index in [1.165, 1.54) is 0 Å². The van der Waals surface area contributed by atoms with Gasteiger partial charge in [-0.2, -0.15) is 0 Å². The number of furan rings is 2. The number of carbonyl (C=O) groups excluding carboxylic acids is 2. The van der Waals surface area contributed by atoms with E-state index in [1.54, 1.807) is 30.2 Å². The maximum Gasteiger partial charge on any atom is 0.257 e. The van der Waals surface area contributed by atoms with Crippen molar-refractivity contribution in [2.24, 2.45) is 0 Å². The summed E-state index contributed by atoms with van der Waals surface area (Å²) in [6, 6.07) is 5.66. The molecule has 1 N–H and O–H groups in total. The van der Waals surface area contributed by atoms with E-state index in [4.69, 9.17) is 8.83 Å². The van der Waals surface area contributed by atoms with Gasteiger partial charge >= 0.3 is 0 Å². The van der Waals surface area contributed by atoms with Crippen molar-refractivity contribution in [1.29, 1.82) is 0 Å². The fourth-order valence-corrected chi connectivity index (χ4v) is 2.62. The molecule has 0 aromatic carbocycles. The molecule has 0 radical (unpaired) electrons. The Morgan fingerprint density at radius 1 is 1.33 bits per heavy atom. The first kappa shape index (κ1) is 16.4. The molecule has 0 saturated heterocycles. The van der Waals surface area contributed by atoms with Gasteiger partial charge in [0.15, 0.2) is 0 Å². The summed E-state index contributed by atoms with van der Waals surface area (Å²) >= 11 is 0. The Labute approximate surface area is 140 Å². The van der Waals surface area contributed by atoms with Gasteiger partial charge in [-0.15, -0.1) is 0 Å². The van der Waals surface area contributed by atoms with Crippen LogP contribution < -0.4 is 5.32 Å². The van der Waals surface area contributed by atoms with Crippen LogP contribution in [0.1, 0.15) is 46.9 Å². The van der Waals surface area contributed by atoms with Crippen molar-refractivity contribution in [3.63, 3.8) is 0 Å². The lowest BCUT2D eigenvalue weighted by molar-refractivity contribution is -0.121. The minimum absolute atomic E-state index is 0.0187. The van der Waals surface area contributed by atoms with Crippen LogP contribution in [0.2, 0.25) is 0 Å². The Kier molecular flexibility index (Phi) is 4.74. The van der Waals surface area contributed by atoms with Gasteiger partial charge in [0.05, 0.1) is 18.4 Å². The highest BCUT2D eigenvalue weighted by Crippen LogP contribution is 2.20. The number of nitrogens with one attached hydrogen (secondary N) is 1. The fourth-order valence-electron chi connectivity index (χ4n) is 2.62. The molecule has 6 heteroatoms. The molecular weight excluding hydrogens is 308 g/mol. The molecule has 0 spiro atoms. The van der Waals surface area contributed by atoms with E-state index >= 15 is 0 Å². The number of rotatable bonds is 7. The average molecular weight is 330 g/mol. The molecule has 1 saturated carbocycles. The largest absolute Gasteiger partial charge is 0.467 e. The lowest BCUT2D eigenvalue weighted by atomic mass is 10.2. The number of hydrogen-bond acceptors (Lipinski definition) is 4. The summed E-state index contributed by atoms with van der Waals surface area (Å²) in [5.74, 6) is 1.79. The van der Waals surface area contributed by atoms with Crippen LogP contribution in [-0.4, -0.2) is 29.3 Å². The summed E-state index contributed by atoms with van der Waals surface area (Å²) in [5, 5.41) is 2.94. The molecule has 0 unspecified atom stereocenters. The number of hydrogen-bond donors (Lipinski definition) is 1. The van der Waals surface area contributed by atoms with Crippen molar-refractivity contribution in [1.82, 2.24) is 10.2 Å². The average Bonchev–Trinajstić information content (AvgIpc) is 3.06. The van der Waals surface area contributed by atoms with Crippen molar-refractivity contribution in [2.75, 3.05) is 6.54 Å². The Morgan fingerprint density at radius 3 is 2.71 bits per heavy atom. The van der Waals surface area contributed by atoms with Gasteiger partial charge in [-0.3, -0.25) is 9.59 Å². The maximum atomic E-state index is 12.8. The van der Waals surface area contributed by atoms with Gasteiger partial charge in [-0.25, -0.2) is 0 Å². The summed E-state index contributed by atoms with van der Waals surface area (Å²) in [4.78, 5) is 26.4. The smallest absolute Gasteiger partial charge is 0.257 e. The molecule has 1 aliphatic carbocycles. The fraction of sp³-hybridized carbons (Fsp3) is 0.444. The van der Waals surface area contributed by atoms with E-state index in [9.17, 15) is 9.59 Å². The summed E-state index contributed by atoms with van der Waals surface area (Å²) in [5.41, 5.74) is 0.529. The van der Waals surface area contributed by atoms with E-state index in [0.717, 1.165) is 12.8 Å². The van der Waals surface area contributed by atoms with Gasteiger partial charge in [-0.1, -0.05) is 0 Å². The van der Waals surface area contributed by atoms with Crippen LogP contribution in [0.5, 0.6) is 0 Å². The van der Waals surface area contributed by atoms with Crippen molar-refractivity contribution < 1.29 is 18.4 Å². The van der Waals surface area contributed by atoms with Crippen molar-refractivity contribution in [3.05, 3.63) is 47.3 Å². The maximum absolute atomic E-state index is 12.8. The second-order valence-corrected chi connectivity index (χ2v) is 6.22. The van der Waals surface area contributed by atoms with Crippen molar-refractivity contribution in [3.8, 4) is 0 Å². The molecular formula is C18H22N2O4. The Hall–Kier alpha value is -2.50. The van der Waals surface area contributed by atoms with Crippen molar-refractivity contribution >= 4 is 11.8 Å². The highest BCUT2D eigenvalue weighted by atomic mass is 16.3. The number of carbonyl (C=O) groups is 2. The van der Waals surface area contributed by atoms with E-state index in [0.29, 0.717) is 42.0 Å². The van der Waals surface area contributed by atoms with Gasteiger partial charge in [0.1, 0.15) is 17.3 Å². The lowest BCUT2D eigenvalue weighted by Crippen LogP contribution is -2.35. The van der Waals surface area contributed by atoms with Gasteiger partial charge in [0, 0.05) is 19.0 Å². The summed E-state index contributed by atoms with van der Waals surface area (Å²) in [6.45, 7) is 4.24. The van der Waals surface area contributed by atoms with E-state index in [2.05, 4.69) is 5.32 Å². The molecule has 1 aliphatic rings. The summed E-state index contributed by atoms with van der Waals surface area (Å²) in [7, 11) is 0. The van der Waals surface area contributed by atoms with E-state index in [-0.39, 0.29) is 18.2 Å². The first-order valence-corrected chi connectivity index (χ1v) is 8.21. The molecule has 2 aromatic heterocycles. The second kappa shape index (κ2) is 6.95. The van der Waals surface area contributed by atoms with Crippen LogP contribution >= 0.6 is 0 Å². The van der Waals surface area contributed by atoms with E-state index in [1.807, 2.05) is 13.0 Å². The standard InChI is InChI=1S/C18H22N2O4/c1-12-10-16(13(2)24-12)18(22)20(11-15-4-3-9-23-15)8-7-17(21)19-14-5-6-14/h3-4,9-10,14H,5-8,11H2,1-2H3,(H,19,21). The molecule has 0 aliphatic heterocycles. The van der Waals surface area contributed by atoms with Gasteiger partial charge in [0.2, 0.25) is 5.91 Å². The molecule has 0 bridgehead atoms.